The zero-order chi connectivity index (χ0) is 15.8. The number of likely N-dealkylation sites (tertiary alicyclic amines) is 1. The Bertz CT molecular complexity index is 730. The van der Waals surface area contributed by atoms with Gasteiger partial charge in [-0.2, -0.15) is 0 Å². The predicted molar refractivity (Wildman–Crippen MR) is 91.4 cm³/mol. The van der Waals surface area contributed by atoms with E-state index < -0.39 is 0 Å². The molecule has 0 unspecified atom stereocenters. The first kappa shape index (κ1) is 14.6. The molecule has 0 bridgehead atoms. The lowest BCUT2D eigenvalue weighted by atomic mass is 9.96. The predicted octanol–water partition coefficient (Wildman–Crippen LogP) is 2.92. The highest BCUT2D eigenvalue weighted by Crippen LogP contribution is 2.40. The van der Waals surface area contributed by atoms with E-state index in [1.165, 1.54) is 12.8 Å². The second kappa shape index (κ2) is 5.93. The minimum atomic E-state index is 0.154. The fourth-order valence-corrected chi connectivity index (χ4v) is 3.50. The Morgan fingerprint density at radius 1 is 1.17 bits per heavy atom. The summed E-state index contributed by atoms with van der Waals surface area (Å²) in [7, 11) is 0. The number of benzene rings is 1. The van der Waals surface area contributed by atoms with Crippen molar-refractivity contribution in [2.45, 2.75) is 31.6 Å². The van der Waals surface area contributed by atoms with Crippen LogP contribution in [0.15, 0.2) is 30.3 Å². The molecule has 1 saturated carbocycles. The Morgan fingerprint density at radius 2 is 1.91 bits per heavy atom. The zero-order valence-corrected chi connectivity index (χ0v) is 13.4. The van der Waals surface area contributed by atoms with E-state index >= 15 is 0 Å². The number of rotatable bonds is 3. The van der Waals surface area contributed by atoms with Gasteiger partial charge in [0.2, 0.25) is 0 Å². The van der Waals surface area contributed by atoms with E-state index in [2.05, 4.69) is 0 Å². The number of hydrogen-bond donors (Lipinski definition) is 1. The molecule has 1 aromatic carbocycles. The molecular formula is C19H23N3O. The third-order valence-corrected chi connectivity index (χ3v) is 5.20. The van der Waals surface area contributed by atoms with Crippen molar-refractivity contribution < 1.29 is 4.79 Å². The van der Waals surface area contributed by atoms with Gasteiger partial charge in [-0.05, 0) is 50.3 Å². The molecule has 0 radical (unpaired) electrons. The summed E-state index contributed by atoms with van der Waals surface area (Å²) >= 11 is 0. The standard InChI is InChI=1S/C19H23N3O/c20-12-13-7-9-22(10-8-13)19(23)16-11-18(14-5-6-14)21-17-4-2-1-3-15(16)17/h1-4,11,13-14H,5-10,12,20H2. The van der Waals surface area contributed by atoms with Crippen molar-refractivity contribution in [2.75, 3.05) is 19.6 Å². The van der Waals surface area contributed by atoms with Crippen molar-refractivity contribution in [1.29, 1.82) is 0 Å². The van der Waals surface area contributed by atoms with Crippen LogP contribution in [0.3, 0.4) is 0 Å². The number of amides is 1. The number of aromatic nitrogens is 1. The van der Waals surface area contributed by atoms with E-state index in [4.69, 9.17) is 10.7 Å². The first-order valence-corrected chi connectivity index (χ1v) is 8.65. The van der Waals surface area contributed by atoms with Crippen LogP contribution >= 0.6 is 0 Å². The van der Waals surface area contributed by atoms with E-state index in [1.807, 2.05) is 35.2 Å². The van der Waals surface area contributed by atoms with Gasteiger partial charge in [0.05, 0.1) is 11.1 Å². The molecule has 23 heavy (non-hydrogen) atoms. The van der Waals surface area contributed by atoms with Crippen LogP contribution in [0.2, 0.25) is 0 Å². The minimum absolute atomic E-state index is 0.154. The van der Waals surface area contributed by atoms with Gasteiger partial charge in [0.1, 0.15) is 0 Å². The number of hydrogen-bond acceptors (Lipinski definition) is 3. The van der Waals surface area contributed by atoms with Crippen molar-refractivity contribution >= 4 is 16.8 Å². The van der Waals surface area contributed by atoms with Crippen LogP contribution in [-0.2, 0) is 0 Å². The van der Waals surface area contributed by atoms with Crippen LogP contribution in [0.4, 0.5) is 0 Å². The summed E-state index contributed by atoms with van der Waals surface area (Å²) in [6.07, 6.45) is 4.42. The molecule has 4 nitrogen and oxygen atoms in total. The lowest BCUT2D eigenvalue weighted by molar-refractivity contribution is 0.0695. The summed E-state index contributed by atoms with van der Waals surface area (Å²) in [6, 6.07) is 10.0. The SMILES string of the molecule is NCC1CCN(C(=O)c2cc(C3CC3)nc3ccccc23)CC1. The van der Waals surface area contributed by atoms with Crippen molar-refractivity contribution in [3.63, 3.8) is 0 Å². The molecule has 1 aliphatic heterocycles. The minimum Gasteiger partial charge on any atom is -0.339 e. The average molecular weight is 309 g/mol. The van der Waals surface area contributed by atoms with Gasteiger partial charge in [0, 0.05) is 30.1 Å². The molecule has 4 heteroatoms. The number of nitrogens with zero attached hydrogens (tertiary/aromatic N) is 2. The van der Waals surface area contributed by atoms with Gasteiger partial charge in [-0.1, -0.05) is 18.2 Å². The second-order valence-corrected chi connectivity index (χ2v) is 6.86. The molecule has 2 N–H and O–H groups in total. The molecular weight excluding hydrogens is 286 g/mol. The Balaban J connectivity index is 1.68. The maximum Gasteiger partial charge on any atom is 0.254 e. The number of carbonyl (C=O) groups is 1. The highest BCUT2D eigenvalue weighted by Gasteiger charge is 2.29. The smallest absolute Gasteiger partial charge is 0.254 e. The van der Waals surface area contributed by atoms with Gasteiger partial charge in [-0.15, -0.1) is 0 Å². The van der Waals surface area contributed by atoms with Crippen LogP contribution in [0.1, 0.15) is 47.7 Å². The molecule has 1 saturated heterocycles. The Hall–Kier alpha value is -1.94. The highest BCUT2D eigenvalue weighted by molar-refractivity contribution is 6.06. The molecule has 0 atom stereocenters. The molecule has 1 aromatic heterocycles. The molecule has 2 aromatic rings. The van der Waals surface area contributed by atoms with E-state index in [0.717, 1.165) is 54.6 Å². The summed E-state index contributed by atoms with van der Waals surface area (Å²) < 4.78 is 0. The number of carbonyl (C=O) groups excluding carboxylic acids is 1. The molecule has 1 aliphatic carbocycles. The Kier molecular flexibility index (Phi) is 3.77. The molecule has 0 spiro atoms. The number of nitrogens with two attached hydrogens (primary N) is 1. The van der Waals surface area contributed by atoms with Gasteiger partial charge >= 0.3 is 0 Å². The lowest BCUT2D eigenvalue weighted by Gasteiger charge is -2.31. The largest absolute Gasteiger partial charge is 0.339 e. The van der Waals surface area contributed by atoms with Crippen LogP contribution in [0.5, 0.6) is 0 Å². The number of piperidine rings is 1. The third-order valence-electron chi connectivity index (χ3n) is 5.20. The molecule has 120 valence electrons. The molecule has 1 amide bonds. The molecule has 4 rings (SSSR count). The quantitative estimate of drug-likeness (QED) is 0.948. The van der Waals surface area contributed by atoms with Crippen molar-refractivity contribution in [2.24, 2.45) is 11.7 Å². The topological polar surface area (TPSA) is 59.2 Å². The zero-order valence-electron chi connectivity index (χ0n) is 13.4. The first-order chi connectivity index (χ1) is 11.3. The van der Waals surface area contributed by atoms with Crippen LogP contribution in [0.25, 0.3) is 10.9 Å². The highest BCUT2D eigenvalue weighted by atomic mass is 16.2. The Labute approximate surface area is 136 Å². The van der Waals surface area contributed by atoms with Crippen molar-refractivity contribution in [1.82, 2.24) is 9.88 Å². The fourth-order valence-electron chi connectivity index (χ4n) is 3.50. The monoisotopic (exact) mass is 309 g/mol. The van der Waals surface area contributed by atoms with Gasteiger partial charge in [0.25, 0.3) is 5.91 Å². The molecule has 2 aliphatic rings. The Morgan fingerprint density at radius 3 is 2.61 bits per heavy atom. The van der Waals surface area contributed by atoms with Crippen LogP contribution in [-0.4, -0.2) is 35.4 Å². The molecule has 2 heterocycles. The summed E-state index contributed by atoms with van der Waals surface area (Å²) in [6.45, 7) is 2.36. The first-order valence-electron chi connectivity index (χ1n) is 8.65. The van der Waals surface area contributed by atoms with Crippen molar-refractivity contribution in [3.8, 4) is 0 Å². The second-order valence-electron chi connectivity index (χ2n) is 6.86. The van der Waals surface area contributed by atoms with Gasteiger partial charge in [-0.3, -0.25) is 9.78 Å². The van der Waals surface area contributed by atoms with Gasteiger partial charge in [0.15, 0.2) is 0 Å². The summed E-state index contributed by atoms with van der Waals surface area (Å²) in [4.78, 5) is 19.8. The molecule has 2 fully saturated rings. The van der Waals surface area contributed by atoms with Crippen LogP contribution in [0, 0.1) is 5.92 Å². The number of pyridine rings is 1. The average Bonchev–Trinajstić information content (AvgIpc) is 3.45. The van der Waals surface area contributed by atoms with E-state index in [0.29, 0.717) is 11.8 Å². The van der Waals surface area contributed by atoms with E-state index in [1.54, 1.807) is 0 Å². The maximum atomic E-state index is 13.1. The maximum absolute atomic E-state index is 13.1. The van der Waals surface area contributed by atoms with Gasteiger partial charge < -0.3 is 10.6 Å². The van der Waals surface area contributed by atoms with Crippen molar-refractivity contribution in [3.05, 3.63) is 41.6 Å². The summed E-state index contributed by atoms with van der Waals surface area (Å²) in [5.41, 5.74) is 8.61. The number of para-hydroxylation sites is 1. The summed E-state index contributed by atoms with van der Waals surface area (Å²) in [5.74, 6) is 1.27. The third kappa shape index (κ3) is 2.83. The van der Waals surface area contributed by atoms with Crippen LogP contribution < -0.4 is 5.73 Å². The number of fused-ring (bicyclic) bond motifs is 1. The lowest BCUT2D eigenvalue weighted by Crippen LogP contribution is -2.40. The van der Waals surface area contributed by atoms with E-state index in [-0.39, 0.29) is 5.91 Å². The fraction of sp³-hybridized carbons (Fsp3) is 0.474. The van der Waals surface area contributed by atoms with Gasteiger partial charge in [-0.25, -0.2) is 0 Å². The summed E-state index contributed by atoms with van der Waals surface area (Å²) in [5, 5.41) is 0.975. The normalized spacial score (nSPS) is 19.3. The van der Waals surface area contributed by atoms with E-state index in [9.17, 15) is 4.79 Å².